The fourth-order valence-electron chi connectivity index (χ4n) is 2.96. The standard InChI is InChI=1S/C14H20N4O2/c1-10-7-15-13(16-8-10)18-5-3-14(4-6-18)11(2)17-12(19)9-20-14/h7-8,11H,3-6,9H2,1-2H3,(H,17,19)/t11-/m0/s1. The van der Waals surface area contributed by atoms with Crippen LogP contribution < -0.4 is 10.2 Å². The lowest BCUT2D eigenvalue weighted by Crippen LogP contribution is -2.62. The third-order valence-electron chi connectivity index (χ3n) is 4.32. The summed E-state index contributed by atoms with van der Waals surface area (Å²) in [6.07, 6.45) is 5.44. The second-order valence-corrected chi connectivity index (χ2v) is 5.69. The van der Waals surface area contributed by atoms with Crippen LogP contribution in [0.25, 0.3) is 0 Å². The molecule has 0 aliphatic carbocycles. The lowest BCUT2D eigenvalue weighted by atomic mass is 9.84. The second-order valence-electron chi connectivity index (χ2n) is 5.69. The van der Waals surface area contributed by atoms with Crippen molar-refractivity contribution in [1.29, 1.82) is 0 Å². The number of hydrogen-bond acceptors (Lipinski definition) is 5. The second kappa shape index (κ2) is 5.01. The number of carbonyl (C=O) groups is 1. The van der Waals surface area contributed by atoms with Gasteiger partial charge in [-0.2, -0.15) is 0 Å². The Balaban J connectivity index is 1.67. The molecule has 0 bridgehead atoms. The average molecular weight is 276 g/mol. The van der Waals surface area contributed by atoms with Gasteiger partial charge in [-0.3, -0.25) is 4.79 Å². The number of hydrogen-bond donors (Lipinski definition) is 1. The van der Waals surface area contributed by atoms with E-state index < -0.39 is 0 Å². The van der Waals surface area contributed by atoms with Crippen molar-refractivity contribution >= 4 is 11.9 Å². The van der Waals surface area contributed by atoms with Crippen molar-refractivity contribution in [3.63, 3.8) is 0 Å². The van der Waals surface area contributed by atoms with Crippen LogP contribution in [0.5, 0.6) is 0 Å². The van der Waals surface area contributed by atoms with Crippen LogP contribution >= 0.6 is 0 Å². The first-order valence-electron chi connectivity index (χ1n) is 7.06. The number of morpholine rings is 1. The number of ether oxygens (including phenoxy) is 1. The number of amides is 1. The SMILES string of the molecule is Cc1cnc(N2CCC3(CC2)OCC(=O)N[C@H]3C)nc1. The molecule has 2 fully saturated rings. The van der Waals surface area contributed by atoms with Gasteiger partial charge in [0, 0.05) is 25.5 Å². The molecule has 1 aromatic rings. The molecule has 0 aromatic carbocycles. The number of aryl methyl sites for hydroxylation is 1. The minimum atomic E-state index is -0.227. The zero-order valence-corrected chi connectivity index (χ0v) is 11.9. The zero-order valence-electron chi connectivity index (χ0n) is 11.9. The molecular weight excluding hydrogens is 256 g/mol. The first-order valence-corrected chi connectivity index (χ1v) is 7.06. The number of nitrogens with one attached hydrogen (secondary N) is 1. The molecule has 3 rings (SSSR count). The van der Waals surface area contributed by atoms with E-state index in [1.54, 1.807) is 0 Å². The summed E-state index contributed by atoms with van der Waals surface area (Å²) in [6.45, 7) is 5.88. The van der Waals surface area contributed by atoms with Gasteiger partial charge in [-0.05, 0) is 32.3 Å². The molecule has 6 nitrogen and oxygen atoms in total. The molecule has 1 amide bonds. The molecular formula is C14H20N4O2. The molecule has 1 aromatic heterocycles. The minimum absolute atomic E-state index is 0.0209. The highest BCUT2D eigenvalue weighted by Crippen LogP contribution is 2.32. The number of piperidine rings is 1. The van der Waals surface area contributed by atoms with E-state index in [0.717, 1.165) is 37.4 Å². The fourth-order valence-corrected chi connectivity index (χ4v) is 2.96. The summed E-state index contributed by atoms with van der Waals surface area (Å²) in [5.74, 6) is 0.755. The van der Waals surface area contributed by atoms with Gasteiger partial charge in [0.15, 0.2) is 0 Å². The van der Waals surface area contributed by atoms with Crippen molar-refractivity contribution in [2.45, 2.75) is 38.3 Å². The lowest BCUT2D eigenvalue weighted by Gasteiger charge is -2.47. The Morgan fingerprint density at radius 3 is 2.60 bits per heavy atom. The first-order chi connectivity index (χ1) is 9.59. The van der Waals surface area contributed by atoms with Gasteiger partial charge in [0.25, 0.3) is 0 Å². The lowest BCUT2D eigenvalue weighted by molar-refractivity contribution is -0.154. The van der Waals surface area contributed by atoms with Crippen molar-refractivity contribution in [3.8, 4) is 0 Å². The molecule has 0 saturated carbocycles. The smallest absolute Gasteiger partial charge is 0.246 e. The molecule has 1 spiro atoms. The van der Waals surface area contributed by atoms with Crippen molar-refractivity contribution in [2.75, 3.05) is 24.6 Å². The number of rotatable bonds is 1. The Hall–Kier alpha value is -1.69. The Morgan fingerprint density at radius 2 is 2.00 bits per heavy atom. The maximum atomic E-state index is 11.4. The van der Waals surface area contributed by atoms with Crippen molar-refractivity contribution in [2.24, 2.45) is 0 Å². The third kappa shape index (κ3) is 2.35. The third-order valence-corrected chi connectivity index (χ3v) is 4.32. The summed E-state index contributed by atoms with van der Waals surface area (Å²) in [5, 5.41) is 2.99. The van der Waals surface area contributed by atoms with Crippen LogP contribution in [0.2, 0.25) is 0 Å². The number of carbonyl (C=O) groups excluding carboxylic acids is 1. The van der Waals surface area contributed by atoms with Crippen molar-refractivity contribution < 1.29 is 9.53 Å². The Kier molecular flexibility index (Phi) is 3.33. The maximum Gasteiger partial charge on any atom is 0.246 e. The van der Waals surface area contributed by atoms with Gasteiger partial charge in [0.2, 0.25) is 11.9 Å². The van der Waals surface area contributed by atoms with E-state index in [0.29, 0.717) is 0 Å². The molecule has 1 atom stereocenters. The van der Waals surface area contributed by atoms with Gasteiger partial charge in [-0.15, -0.1) is 0 Å². The van der Waals surface area contributed by atoms with Gasteiger partial charge >= 0.3 is 0 Å². The first kappa shape index (κ1) is 13.3. The van der Waals surface area contributed by atoms with Gasteiger partial charge in [0.05, 0.1) is 11.6 Å². The average Bonchev–Trinajstić information content (AvgIpc) is 2.45. The van der Waals surface area contributed by atoms with E-state index in [1.165, 1.54) is 0 Å². The van der Waals surface area contributed by atoms with E-state index in [2.05, 4.69) is 20.2 Å². The highest BCUT2D eigenvalue weighted by molar-refractivity contribution is 5.78. The van der Waals surface area contributed by atoms with E-state index in [4.69, 9.17) is 4.74 Å². The largest absolute Gasteiger partial charge is 0.363 e. The molecule has 1 N–H and O–H groups in total. The van der Waals surface area contributed by atoms with Crippen LogP contribution in [0.1, 0.15) is 25.3 Å². The normalized spacial score (nSPS) is 25.6. The summed E-state index contributed by atoms with van der Waals surface area (Å²) in [6, 6.07) is 0.0600. The summed E-state index contributed by atoms with van der Waals surface area (Å²) in [5.41, 5.74) is 0.837. The zero-order chi connectivity index (χ0) is 14.2. The van der Waals surface area contributed by atoms with Crippen LogP contribution in [0.4, 0.5) is 5.95 Å². The number of nitrogens with zero attached hydrogens (tertiary/aromatic N) is 3. The van der Waals surface area contributed by atoms with E-state index >= 15 is 0 Å². The molecule has 2 saturated heterocycles. The predicted octanol–water partition coefficient (Wildman–Crippen LogP) is 0.659. The number of anilines is 1. The summed E-state index contributed by atoms with van der Waals surface area (Å²) < 4.78 is 5.85. The fraction of sp³-hybridized carbons (Fsp3) is 0.643. The summed E-state index contributed by atoms with van der Waals surface area (Å²) >= 11 is 0. The summed E-state index contributed by atoms with van der Waals surface area (Å²) in [7, 11) is 0. The Bertz CT molecular complexity index is 494. The minimum Gasteiger partial charge on any atom is -0.363 e. The van der Waals surface area contributed by atoms with Gasteiger partial charge in [-0.25, -0.2) is 9.97 Å². The number of aromatic nitrogens is 2. The van der Waals surface area contributed by atoms with E-state index in [-0.39, 0.29) is 24.2 Å². The molecule has 2 aliphatic rings. The molecule has 2 aliphatic heterocycles. The van der Waals surface area contributed by atoms with E-state index in [9.17, 15) is 4.79 Å². The highest BCUT2D eigenvalue weighted by Gasteiger charge is 2.44. The summed E-state index contributed by atoms with van der Waals surface area (Å²) in [4.78, 5) is 22.3. The Morgan fingerprint density at radius 1 is 1.35 bits per heavy atom. The van der Waals surface area contributed by atoms with Crippen LogP contribution in [-0.4, -0.2) is 47.2 Å². The van der Waals surface area contributed by atoms with Crippen molar-refractivity contribution in [1.82, 2.24) is 15.3 Å². The topological polar surface area (TPSA) is 67.4 Å². The predicted molar refractivity (Wildman–Crippen MR) is 74.5 cm³/mol. The Labute approximate surface area is 118 Å². The van der Waals surface area contributed by atoms with Crippen LogP contribution in [0.15, 0.2) is 12.4 Å². The van der Waals surface area contributed by atoms with Crippen LogP contribution in [-0.2, 0) is 9.53 Å². The van der Waals surface area contributed by atoms with Crippen LogP contribution in [0.3, 0.4) is 0 Å². The molecule has 0 unspecified atom stereocenters. The van der Waals surface area contributed by atoms with Gasteiger partial charge in [0.1, 0.15) is 6.61 Å². The van der Waals surface area contributed by atoms with Gasteiger partial charge < -0.3 is 15.0 Å². The highest BCUT2D eigenvalue weighted by atomic mass is 16.5. The quantitative estimate of drug-likeness (QED) is 0.816. The van der Waals surface area contributed by atoms with Crippen molar-refractivity contribution in [3.05, 3.63) is 18.0 Å². The molecule has 108 valence electrons. The molecule has 20 heavy (non-hydrogen) atoms. The van der Waals surface area contributed by atoms with E-state index in [1.807, 2.05) is 26.2 Å². The molecule has 6 heteroatoms. The van der Waals surface area contributed by atoms with Gasteiger partial charge in [-0.1, -0.05) is 0 Å². The molecule has 0 radical (unpaired) electrons. The molecule has 3 heterocycles. The maximum absolute atomic E-state index is 11.4. The monoisotopic (exact) mass is 276 g/mol. The van der Waals surface area contributed by atoms with Crippen LogP contribution in [0, 0.1) is 6.92 Å².